The normalized spacial score (nSPS) is 16.0. The first-order valence-electron chi connectivity index (χ1n) is 10.0. The number of anilines is 3. The van der Waals surface area contributed by atoms with Crippen molar-refractivity contribution in [2.75, 3.05) is 37.0 Å². The smallest absolute Gasteiger partial charge is 0.248 e. The number of benzene rings is 1. The Balaban J connectivity index is 1.52. The molecule has 2 aromatic rings. The van der Waals surface area contributed by atoms with E-state index in [0.29, 0.717) is 17.3 Å². The molecule has 0 spiro atoms. The Kier molecular flexibility index (Phi) is 6.91. The summed E-state index contributed by atoms with van der Waals surface area (Å²) in [4.78, 5) is 18.7. The predicted octanol–water partition coefficient (Wildman–Crippen LogP) is 4.14. The maximum atomic E-state index is 12.1. The molecule has 1 aliphatic carbocycles. The fourth-order valence-corrected chi connectivity index (χ4v) is 3.42. The van der Waals surface area contributed by atoms with Crippen molar-refractivity contribution in [2.45, 2.75) is 13.3 Å². The third-order valence-electron chi connectivity index (χ3n) is 5.01. The molecule has 156 valence electrons. The number of nitrogens with one attached hydrogen (secondary N) is 2. The van der Waals surface area contributed by atoms with Crippen molar-refractivity contribution in [3.63, 3.8) is 0 Å². The second-order valence-electron chi connectivity index (χ2n) is 7.66. The Morgan fingerprint density at radius 1 is 1.23 bits per heavy atom. The molecule has 0 bridgehead atoms. The topological polar surface area (TPSA) is 83.3 Å². The van der Waals surface area contributed by atoms with Gasteiger partial charge in [-0.3, -0.25) is 4.79 Å². The average Bonchev–Trinajstić information content (AvgIpc) is 2.73. The minimum Gasteiger partial charge on any atom is -0.397 e. The zero-order valence-electron chi connectivity index (χ0n) is 17.7. The molecular formula is C24H29N5O. The number of carbonyl (C=O) groups excluding carboxylic acids is 1. The van der Waals surface area contributed by atoms with E-state index >= 15 is 0 Å². The lowest BCUT2D eigenvalue weighted by Crippen LogP contribution is -2.21. The van der Waals surface area contributed by atoms with E-state index in [1.165, 1.54) is 17.3 Å². The highest BCUT2D eigenvalue weighted by atomic mass is 16.1. The molecule has 1 heterocycles. The number of nitrogen functional groups attached to an aromatic ring is 1. The number of para-hydroxylation sites is 2. The van der Waals surface area contributed by atoms with Gasteiger partial charge in [-0.25, -0.2) is 4.98 Å². The zero-order chi connectivity index (χ0) is 21.5. The molecule has 0 fully saturated rings. The molecule has 0 radical (unpaired) electrons. The molecule has 1 unspecified atom stereocenters. The van der Waals surface area contributed by atoms with E-state index < -0.39 is 0 Å². The number of rotatable bonds is 7. The van der Waals surface area contributed by atoms with Gasteiger partial charge in [0.05, 0.1) is 11.4 Å². The van der Waals surface area contributed by atoms with Gasteiger partial charge in [0.1, 0.15) is 5.82 Å². The molecule has 1 aromatic carbocycles. The first-order chi connectivity index (χ1) is 14.4. The molecule has 3 rings (SSSR count). The molecule has 0 aliphatic heterocycles. The van der Waals surface area contributed by atoms with Gasteiger partial charge in [-0.2, -0.15) is 0 Å². The maximum Gasteiger partial charge on any atom is 0.248 e. The molecule has 6 heteroatoms. The van der Waals surface area contributed by atoms with Gasteiger partial charge in [0.2, 0.25) is 5.91 Å². The number of hydrogen-bond donors (Lipinski definition) is 3. The van der Waals surface area contributed by atoms with Crippen molar-refractivity contribution in [2.24, 2.45) is 5.92 Å². The monoisotopic (exact) mass is 403 g/mol. The number of allylic oxidation sites excluding steroid dienone is 3. The van der Waals surface area contributed by atoms with E-state index in [1.54, 1.807) is 24.4 Å². The lowest BCUT2D eigenvalue weighted by molar-refractivity contribution is -0.111. The number of hydrogen-bond acceptors (Lipinski definition) is 5. The lowest BCUT2D eigenvalue weighted by atomic mass is 9.92. The van der Waals surface area contributed by atoms with E-state index in [1.807, 2.05) is 24.3 Å². The minimum atomic E-state index is -0.237. The van der Waals surface area contributed by atoms with Crippen LogP contribution in [0.25, 0.3) is 6.08 Å². The molecule has 4 N–H and O–H groups in total. The number of nitrogens with two attached hydrogens (primary N) is 1. The Morgan fingerprint density at radius 2 is 2.03 bits per heavy atom. The van der Waals surface area contributed by atoms with Crippen LogP contribution in [0.2, 0.25) is 0 Å². The van der Waals surface area contributed by atoms with Crippen molar-refractivity contribution in [3.8, 4) is 0 Å². The second kappa shape index (κ2) is 9.78. The van der Waals surface area contributed by atoms with E-state index in [4.69, 9.17) is 5.73 Å². The van der Waals surface area contributed by atoms with Crippen LogP contribution in [0.5, 0.6) is 0 Å². The van der Waals surface area contributed by atoms with Crippen molar-refractivity contribution in [3.05, 3.63) is 77.7 Å². The first-order valence-corrected chi connectivity index (χ1v) is 10.0. The van der Waals surface area contributed by atoms with Crippen LogP contribution in [0.4, 0.5) is 17.2 Å². The highest BCUT2D eigenvalue weighted by Gasteiger charge is 2.16. The van der Waals surface area contributed by atoms with E-state index in [0.717, 1.165) is 24.3 Å². The molecule has 0 saturated heterocycles. The Morgan fingerprint density at radius 3 is 2.70 bits per heavy atom. The van der Waals surface area contributed by atoms with Gasteiger partial charge in [0, 0.05) is 38.6 Å². The molecule has 6 nitrogen and oxygen atoms in total. The molecule has 1 aromatic heterocycles. The summed E-state index contributed by atoms with van der Waals surface area (Å²) in [5, 5.41) is 6.14. The Bertz CT molecular complexity index is 973. The average molecular weight is 404 g/mol. The van der Waals surface area contributed by atoms with E-state index in [2.05, 4.69) is 53.7 Å². The van der Waals surface area contributed by atoms with Gasteiger partial charge >= 0.3 is 0 Å². The number of carbonyl (C=O) groups is 1. The summed E-state index contributed by atoms with van der Waals surface area (Å²) in [7, 11) is 4.17. The van der Waals surface area contributed by atoms with Crippen LogP contribution < -0.4 is 16.4 Å². The van der Waals surface area contributed by atoms with Gasteiger partial charge in [-0.1, -0.05) is 30.7 Å². The van der Waals surface area contributed by atoms with Crippen molar-refractivity contribution < 1.29 is 4.79 Å². The first kappa shape index (κ1) is 21.2. The summed E-state index contributed by atoms with van der Waals surface area (Å²) in [5.74, 6) is 1.09. The molecule has 1 aliphatic rings. The Hall–Kier alpha value is -3.54. The standard InChI is InChI=1S/C24H29N5O/c1-17-14-19(8-11-22(17)29(2)3)16-27-23-12-9-18(15-26-23)10-13-24(30)28-21-7-5-4-6-20(21)25/h4-13,15,17H,14,16,25H2,1-3H3,(H,26,27)(H,28,30)/b13-10+. The third-order valence-corrected chi connectivity index (χ3v) is 5.01. The SMILES string of the molecule is CC1CC(CNc2ccc(/C=C/C(=O)Nc3ccccc3N)cn2)=CC=C1N(C)C. The van der Waals surface area contributed by atoms with Gasteiger partial charge < -0.3 is 21.3 Å². The van der Waals surface area contributed by atoms with Crippen LogP contribution in [0.3, 0.4) is 0 Å². The second-order valence-corrected chi connectivity index (χ2v) is 7.66. The quantitative estimate of drug-likeness (QED) is 0.478. The Labute approximate surface area is 178 Å². The molecule has 0 saturated carbocycles. The maximum absolute atomic E-state index is 12.1. The van der Waals surface area contributed by atoms with Gasteiger partial charge in [-0.15, -0.1) is 0 Å². The number of nitrogens with zero attached hydrogens (tertiary/aromatic N) is 2. The number of amides is 1. The summed E-state index contributed by atoms with van der Waals surface area (Å²) in [6.45, 7) is 3.02. The van der Waals surface area contributed by atoms with Crippen LogP contribution in [-0.2, 0) is 4.79 Å². The van der Waals surface area contributed by atoms with Crippen molar-refractivity contribution in [1.82, 2.24) is 9.88 Å². The van der Waals surface area contributed by atoms with Gasteiger partial charge in [-0.05, 0) is 54.3 Å². The van der Waals surface area contributed by atoms with Crippen LogP contribution in [0.1, 0.15) is 18.9 Å². The lowest BCUT2D eigenvalue weighted by Gasteiger charge is -2.27. The van der Waals surface area contributed by atoms with Gasteiger partial charge in [0.25, 0.3) is 0 Å². The molecule has 30 heavy (non-hydrogen) atoms. The van der Waals surface area contributed by atoms with Crippen LogP contribution >= 0.6 is 0 Å². The summed E-state index contributed by atoms with van der Waals surface area (Å²) < 4.78 is 0. The largest absolute Gasteiger partial charge is 0.397 e. The van der Waals surface area contributed by atoms with Crippen LogP contribution in [0.15, 0.2) is 72.1 Å². The van der Waals surface area contributed by atoms with Crippen molar-refractivity contribution >= 4 is 29.2 Å². The van der Waals surface area contributed by atoms with Crippen LogP contribution in [0, 0.1) is 5.92 Å². The highest BCUT2D eigenvalue weighted by Crippen LogP contribution is 2.26. The minimum absolute atomic E-state index is 0.237. The molecular weight excluding hydrogens is 374 g/mol. The van der Waals surface area contributed by atoms with E-state index in [-0.39, 0.29) is 5.91 Å². The zero-order valence-corrected chi connectivity index (χ0v) is 17.7. The fourth-order valence-electron chi connectivity index (χ4n) is 3.42. The predicted molar refractivity (Wildman–Crippen MR) is 125 cm³/mol. The summed E-state index contributed by atoms with van der Waals surface area (Å²) >= 11 is 0. The third kappa shape index (κ3) is 5.73. The summed E-state index contributed by atoms with van der Waals surface area (Å²) in [5.41, 5.74) is 10.5. The summed E-state index contributed by atoms with van der Waals surface area (Å²) in [6, 6.07) is 11.0. The molecule has 1 atom stereocenters. The summed E-state index contributed by atoms with van der Waals surface area (Å²) in [6.07, 6.45) is 10.4. The number of aromatic nitrogens is 1. The van der Waals surface area contributed by atoms with E-state index in [9.17, 15) is 4.79 Å². The van der Waals surface area contributed by atoms with Gasteiger partial charge in [0.15, 0.2) is 0 Å². The molecule has 1 amide bonds. The van der Waals surface area contributed by atoms with Crippen molar-refractivity contribution in [1.29, 1.82) is 0 Å². The fraction of sp³-hybridized carbons (Fsp3) is 0.250. The number of pyridine rings is 1. The highest BCUT2D eigenvalue weighted by molar-refractivity contribution is 6.03. The van der Waals surface area contributed by atoms with Crippen LogP contribution in [-0.4, -0.2) is 36.4 Å².